The molecule has 3 aromatic heterocycles. The molecule has 0 aromatic carbocycles. The van der Waals surface area contributed by atoms with Gasteiger partial charge in [0.15, 0.2) is 11.5 Å². The lowest BCUT2D eigenvalue weighted by Crippen LogP contribution is -2.58. The van der Waals surface area contributed by atoms with Crippen molar-refractivity contribution in [2.45, 2.75) is 58.0 Å². The molecule has 1 aliphatic carbocycles. The highest BCUT2D eigenvalue weighted by atomic mass is 15.4. The normalized spacial score (nSPS) is 17.5. The number of nitrogens with zero attached hydrogens (tertiary/aromatic N) is 7. The first kappa shape index (κ1) is 17.6. The minimum absolute atomic E-state index is 0.0907. The van der Waals surface area contributed by atoms with Gasteiger partial charge in [0, 0.05) is 36.8 Å². The first-order chi connectivity index (χ1) is 13.4. The van der Waals surface area contributed by atoms with Gasteiger partial charge in [-0.1, -0.05) is 20.8 Å². The Morgan fingerprint density at radius 1 is 1.18 bits per heavy atom. The fraction of sp³-hybridized carbons (Fsp3) is 0.600. The van der Waals surface area contributed by atoms with E-state index in [9.17, 15) is 0 Å². The number of fused-ring (bicyclic) bond motifs is 2. The summed E-state index contributed by atoms with van der Waals surface area (Å²) in [4.78, 5) is 4.74. The predicted molar refractivity (Wildman–Crippen MR) is 108 cm³/mol. The van der Waals surface area contributed by atoms with Crippen molar-refractivity contribution in [3.05, 3.63) is 34.9 Å². The van der Waals surface area contributed by atoms with Crippen molar-refractivity contribution in [3.8, 4) is 0 Å². The van der Waals surface area contributed by atoms with E-state index in [0.29, 0.717) is 6.04 Å². The van der Waals surface area contributed by atoms with Gasteiger partial charge in [0.25, 0.3) is 0 Å². The van der Waals surface area contributed by atoms with E-state index in [-0.39, 0.29) is 5.41 Å². The fourth-order valence-electron chi connectivity index (χ4n) is 4.22. The molecule has 0 bridgehead atoms. The second kappa shape index (κ2) is 6.27. The number of aryl methyl sites for hydroxylation is 1. The molecule has 0 unspecified atom stereocenters. The van der Waals surface area contributed by atoms with Crippen LogP contribution in [-0.4, -0.2) is 61.1 Å². The molecule has 8 heteroatoms. The molecule has 1 saturated heterocycles. The Balaban J connectivity index is 1.27. The molecule has 1 fully saturated rings. The molecule has 1 aliphatic heterocycles. The Labute approximate surface area is 164 Å². The van der Waals surface area contributed by atoms with Crippen LogP contribution in [0.5, 0.6) is 0 Å². The number of aromatic amines is 1. The minimum atomic E-state index is -0.0907. The SMILES string of the molecule is CN(Cc1n[nH]c2c1CCC2)C1CN(c2ccc3nnc(C(C)(C)C)n3n2)C1. The summed E-state index contributed by atoms with van der Waals surface area (Å²) in [5.74, 6) is 1.88. The maximum atomic E-state index is 4.82. The first-order valence-electron chi connectivity index (χ1n) is 10.1. The van der Waals surface area contributed by atoms with Gasteiger partial charge in [0.2, 0.25) is 0 Å². The average molecular weight is 381 g/mol. The summed E-state index contributed by atoms with van der Waals surface area (Å²) < 4.78 is 1.89. The maximum Gasteiger partial charge on any atom is 0.178 e. The monoisotopic (exact) mass is 380 g/mol. The first-order valence-corrected chi connectivity index (χ1v) is 10.1. The van der Waals surface area contributed by atoms with E-state index in [0.717, 1.165) is 43.3 Å². The molecule has 0 spiro atoms. The third-order valence-electron chi connectivity index (χ3n) is 6.02. The number of anilines is 1. The van der Waals surface area contributed by atoms with Crippen LogP contribution < -0.4 is 4.90 Å². The minimum Gasteiger partial charge on any atom is -0.352 e. The number of H-pyrrole nitrogens is 1. The van der Waals surface area contributed by atoms with Gasteiger partial charge in [0.05, 0.1) is 5.69 Å². The van der Waals surface area contributed by atoms with Crippen LogP contribution in [0.25, 0.3) is 5.65 Å². The topological polar surface area (TPSA) is 78.2 Å². The summed E-state index contributed by atoms with van der Waals surface area (Å²) in [5, 5.41) is 21.2. The second-order valence-electron chi connectivity index (χ2n) is 9.19. The van der Waals surface area contributed by atoms with Gasteiger partial charge in [0.1, 0.15) is 5.82 Å². The molecule has 0 atom stereocenters. The van der Waals surface area contributed by atoms with E-state index in [1.54, 1.807) is 0 Å². The summed E-state index contributed by atoms with van der Waals surface area (Å²) in [6, 6.07) is 4.58. The molecule has 3 aromatic rings. The summed E-state index contributed by atoms with van der Waals surface area (Å²) in [5.41, 5.74) is 4.74. The van der Waals surface area contributed by atoms with Crippen LogP contribution in [0.3, 0.4) is 0 Å². The molecular formula is C20H28N8. The molecule has 0 amide bonds. The molecule has 0 radical (unpaired) electrons. The summed E-state index contributed by atoms with van der Waals surface area (Å²) in [6.45, 7) is 9.29. The molecule has 148 valence electrons. The number of hydrogen-bond donors (Lipinski definition) is 1. The van der Waals surface area contributed by atoms with Crippen LogP contribution in [0, 0.1) is 0 Å². The Kier molecular flexibility index (Phi) is 3.94. The molecule has 4 heterocycles. The summed E-state index contributed by atoms with van der Waals surface area (Å²) in [6.07, 6.45) is 3.58. The lowest BCUT2D eigenvalue weighted by atomic mass is 9.96. The average Bonchev–Trinajstić information content (AvgIpc) is 3.29. The largest absolute Gasteiger partial charge is 0.352 e. The van der Waals surface area contributed by atoms with Crippen LogP contribution >= 0.6 is 0 Å². The smallest absolute Gasteiger partial charge is 0.178 e. The summed E-state index contributed by atoms with van der Waals surface area (Å²) in [7, 11) is 2.20. The van der Waals surface area contributed by atoms with Crippen LogP contribution in [0.15, 0.2) is 12.1 Å². The molecule has 28 heavy (non-hydrogen) atoms. The zero-order valence-electron chi connectivity index (χ0n) is 17.1. The zero-order chi connectivity index (χ0) is 19.5. The van der Waals surface area contributed by atoms with E-state index in [1.165, 1.54) is 29.8 Å². The molecule has 1 N–H and O–H groups in total. The van der Waals surface area contributed by atoms with Crippen molar-refractivity contribution in [2.75, 3.05) is 25.0 Å². The number of nitrogens with one attached hydrogen (secondary N) is 1. The third-order valence-corrected chi connectivity index (χ3v) is 6.02. The van der Waals surface area contributed by atoms with Crippen molar-refractivity contribution in [1.29, 1.82) is 0 Å². The third kappa shape index (κ3) is 2.87. The van der Waals surface area contributed by atoms with E-state index in [4.69, 9.17) is 5.10 Å². The Bertz CT molecular complexity index is 1010. The second-order valence-corrected chi connectivity index (χ2v) is 9.19. The van der Waals surface area contributed by atoms with Crippen molar-refractivity contribution in [1.82, 2.24) is 34.9 Å². The van der Waals surface area contributed by atoms with Gasteiger partial charge in [-0.3, -0.25) is 10.00 Å². The van der Waals surface area contributed by atoms with Gasteiger partial charge in [-0.2, -0.15) is 9.61 Å². The number of aromatic nitrogens is 6. The van der Waals surface area contributed by atoms with E-state index in [2.05, 4.69) is 58.0 Å². The standard InChI is InChI=1S/C20H28N8/c1-20(2,3)19-24-23-17-8-9-18(25-28(17)19)27-10-13(11-27)26(4)12-16-14-6-5-7-15(14)21-22-16/h8-9,13H,5-7,10-12H2,1-4H3,(H,21,22). The van der Waals surface area contributed by atoms with Gasteiger partial charge in [-0.05, 0) is 44.0 Å². The Hall–Kier alpha value is -2.48. The van der Waals surface area contributed by atoms with E-state index < -0.39 is 0 Å². The predicted octanol–water partition coefficient (Wildman–Crippen LogP) is 1.95. The molecule has 5 rings (SSSR count). The van der Waals surface area contributed by atoms with Crippen molar-refractivity contribution in [3.63, 3.8) is 0 Å². The van der Waals surface area contributed by atoms with Crippen molar-refractivity contribution >= 4 is 11.5 Å². The lowest BCUT2D eigenvalue weighted by molar-refractivity contribution is 0.194. The van der Waals surface area contributed by atoms with Crippen LogP contribution in [-0.2, 0) is 24.8 Å². The highest BCUT2D eigenvalue weighted by Gasteiger charge is 2.32. The highest BCUT2D eigenvalue weighted by Crippen LogP contribution is 2.27. The van der Waals surface area contributed by atoms with Crippen molar-refractivity contribution < 1.29 is 0 Å². The van der Waals surface area contributed by atoms with Gasteiger partial charge in [-0.25, -0.2) is 0 Å². The molecule has 8 nitrogen and oxygen atoms in total. The molecule has 0 saturated carbocycles. The fourth-order valence-corrected chi connectivity index (χ4v) is 4.22. The van der Waals surface area contributed by atoms with E-state index >= 15 is 0 Å². The molecular weight excluding hydrogens is 352 g/mol. The van der Waals surface area contributed by atoms with Gasteiger partial charge < -0.3 is 4.90 Å². The lowest BCUT2D eigenvalue weighted by Gasteiger charge is -2.44. The summed E-state index contributed by atoms with van der Waals surface area (Å²) >= 11 is 0. The van der Waals surface area contributed by atoms with Crippen LogP contribution in [0.1, 0.15) is 50.0 Å². The Morgan fingerprint density at radius 3 is 2.79 bits per heavy atom. The van der Waals surface area contributed by atoms with Gasteiger partial charge in [-0.15, -0.1) is 15.3 Å². The highest BCUT2D eigenvalue weighted by molar-refractivity contribution is 5.48. The quantitative estimate of drug-likeness (QED) is 0.745. The van der Waals surface area contributed by atoms with Crippen LogP contribution in [0.2, 0.25) is 0 Å². The number of rotatable bonds is 4. The number of hydrogen-bond acceptors (Lipinski definition) is 6. The van der Waals surface area contributed by atoms with Crippen LogP contribution in [0.4, 0.5) is 5.82 Å². The zero-order valence-corrected chi connectivity index (χ0v) is 17.1. The van der Waals surface area contributed by atoms with E-state index in [1.807, 2.05) is 16.6 Å². The Morgan fingerprint density at radius 2 is 2.00 bits per heavy atom. The van der Waals surface area contributed by atoms with Crippen molar-refractivity contribution in [2.24, 2.45) is 0 Å². The maximum absolute atomic E-state index is 4.82. The molecule has 2 aliphatic rings. The van der Waals surface area contributed by atoms with Gasteiger partial charge >= 0.3 is 0 Å². The number of likely N-dealkylation sites (N-methyl/N-ethyl adjacent to an activating group) is 1.